The molecule has 0 unspecified atom stereocenters. The Balaban J connectivity index is 2.47. The molecule has 1 aromatic heterocycles. The molecule has 10 heteroatoms. The number of anilines is 1. The van der Waals surface area contributed by atoms with Crippen LogP contribution in [0.3, 0.4) is 0 Å². The van der Waals surface area contributed by atoms with Gasteiger partial charge in [0.15, 0.2) is 5.69 Å². The first-order chi connectivity index (χ1) is 15.5. The number of nitrogens with one attached hydrogen (secondary N) is 1. The summed E-state index contributed by atoms with van der Waals surface area (Å²) in [6.45, 7) is 8.73. The van der Waals surface area contributed by atoms with Gasteiger partial charge in [0.2, 0.25) is 5.91 Å². The lowest BCUT2D eigenvalue weighted by molar-refractivity contribution is -0.126. The number of hydrogen-bond acceptors (Lipinski definition) is 6. The number of nitrogens with two attached hydrogens (primary N) is 2. The van der Waals surface area contributed by atoms with E-state index in [1.165, 1.54) is 4.90 Å². The van der Waals surface area contributed by atoms with Gasteiger partial charge in [0.25, 0.3) is 11.8 Å². The molecule has 5 N–H and O–H groups in total. The van der Waals surface area contributed by atoms with Crippen molar-refractivity contribution in [2.45, 2.75) is 53.1 Å². The van der Waals surface area contributed by atoms with Crippen molar-refractivity contribution in [1.29, 1.82) is 0 Å². The van der Waals surface area contributed by atoms with Crippen LogP contribution < -0.4 is 16.8 Å². The standard InChI is InChI=1S/C23H32ClN5O3S/c1-13(2)9-10-27-22(31)17(11-14(3)4)29(12-15-7-5-6-8-16(15)24)23(32)20-18(25)19(21(26)30)28-33-20/h5-8,13-14,17H,9-12,25H2,1-4H3,(H2,26,30)(H,27,31)/t17-/m0/s1. The summed E-state index contributed by atoms with van der Waals surface area (Å²) in [5, 5.41) is 3.44. The van der Waals surface area contributed by atoms with Crippen LogP contribution in [0.1, 0.15) is 66.3 Å². The van der Waals surface area contributed by atoms with E-state index in [9.17, 15) is 14.4 Å². The molecule has 2 aromatic rings. The lowest BCUT2D eigenvalue weighted by Gasteiger charge is -2.32. The highest BCUT2D eigenvalue weighted by Gasteiger charge is 2.34. The van der Waals surface area contributed by atoms with Crippen molar-refractivity contribution in [3.8, 4) is 0 Å². The first-order valence-electron chi connectivity index (χ1n) is 10.9. The van der Waals surface area contributed by atoms with E-state index >= 15 is 0 Å². The summed E-state index contributed by atoms with van der Waals surface area (Å²) in [6.07, 6.45) is 1.26. The molecule has 1 aromatic carbocycles. The van der Waals surface area contributed by atoms with Crippen LogP contribution in [-0.2, 0) is 11.3 Å². The highest BCUT2D eigenvalue weighted by molar-refractivity contribution is 7.09. The highest BCUT2D eigenvalue weighted by atomic mass is 35.5. The molecule has 33 heavy (non-hydrogen) atoms. The van der Waals surface area contributed by atoms with Gasteiger partial charge in [0, 0.05) is 18.1 Å². The van der Waals surface area contributed by atoms with Gasteiger partial charge in [-0.2, -0.15) is 4.37 Å². The van der Waals surface area contributed by atoms with Gasteiger partial charge in [-0.1, -0.05) is 57.5 Å². The number of aromatic nitrogens is 1. The topological polar surface area (TPSA) is 131 Å². The summed E-state index contributed by atoms with van der Waals surface area (Å²) < 4.78 is 3.95. The van der Waals surface area contributed by atoms with E-state index in [4.69, 9.17) is 23.1 Å². The van der Waals surface area contributed by atoms with E-state index < -0.39 is 17.9 Å². The molecular weight excluding hydrogens is 462 g/mol. The Morgan fingerprint density at radius 2 is 1.82 bits per heavy atom. The zero-order valence-electron chi connectivity index (χ0n) is 19.4. The monoisotopic (exact) mass is 493 g/mol. The van der Waals surface area contributed by atoms with Crippen LogP contribution in [-0.4, -0.2) is 39.6 Å². The van der Waals surface area contributed by atoms with Crippen molar-refractivity contribution in [2.75, 3.05) is 12.3 Å². The predicted octanol–water partition coefficient (Wildman–Crippen LogP) is 3.70. The summed E-state index contributed by atoms with van der Waals surface area (Å²) in [5.41, 5.74) is 11.8. The van der Waals surface area contributed by atoms with E-state index in [-0.39, 0.29) is 34.6 Å². The Bertz CT molecular complexity index is 992. The lowest BCUT2D eigenvalue weighted by atomic mass is 10.00. The minimum atomic E-state index is -0.814. The van der Waals surface area contributed by atoms with E-state index in [1.54, 1.807) is 18.2 Å². The molecule has 0 fully saturated rings. The molecule has 0 saturated carbocycles. The fourth-order valence-corrected chi connectivity index (χ4v) is 4.27. The Morgan fingerprint density at radius 1 is 1.15 bits per heavy atom. The van der Waals surface area contributed by atoms with E-state index in [0.717, 1.165) is 18.0 Å². The van der Waals surface area contributed by atoms with Crippen LogP contribution in [0.25, 0.3) is 0 Å². The van der Waals surface area contributed by atoms with Crippen molar-refractivity contribution < 1.29 is 14.4 Å². The number of hydrogen-bond donors (Lipinski definition) is 3. The van der Waals surface area contributed by atoms with Gasteiger partial charge in [-0.05, 0) is 47.8 Å². The Kier molecular flexibility index (Phi) is 9.67. The number of nitrogen functional groups attached to an aromatic ring is 1. The highest BCUT2D eigenvalue weighted by Crippen LogP contribution is 2.28. The number of carbonyl (C=O) groups excluding carboxylic acids is 3. The molecular formula is C23H32ClN5O3S. The average Bonchev–Trinajstić information content (AvgIpc) is 3.12. The number of rotatable bonds is 11. The quantitative estimate of drug-likeness (QED) is 0.439. The molecule has 180 valence electrons. The minimum absolute atomic E-state index is 0.0691. The van der Waals surface area contributed by atoms with Gasteiger partial charge in [0.1, 0.15) is 10.9 Å². The van der Waals surface area contributed by atoms with E-state index in [2.05, 4.69) is 23.5 Å². The van der Waals surface area contributed by atoms with Gasteiger partial charge in [-0.25, -0.2) is 0 Å². The SMILES string of the molecule is CC(C)CCNC(=O)[C@H](CC(C)C)N(Cc1ccccc1Cl)C(=O)c1snc(C(N)=O)c1N. The number of carbonyl (C=O) groups is 3. The first kappa shape index (κ1) is 26.6. The zero-order valence-corrected chi connectivity index (χ0v) is 21.0. The van der Waals surface area contributed by atoms with Crippen molar-refractivity contribution in [3.63, 3.8) is 0 Å². The van der Waals surface area contributed by atoms with Gasteiger partial charge >= 0.3 is 0 Å². The summed E-state index contributed by atoms with van der Waals surface area (Å²) in [7, 11) is 0. The van der Waals surface area contributed by atoms with Gasteiger partial charge in [-0.3, -0.25) is 14.4 Å². The first-order valence-corrected chi connectivity index (χ1v) is 12.0. The Labute approximate surface area is 203 Å². The van der Waals surface area contributed by atoms with Crippen LogP contribution in [0.5, 0.6) is 0 Å². The number of halogens is 1. The maximum absolute atomic E-state index is 13.7. The second-order valence-electron chi connectivity index (χ2n) is 8.78. The summed E-state index contributed by atoms with van der Waals surface area (Å²) in [4.78, 5) is 40.1. The lowest BCUT2D eigenvalue weighted by Crippen LogP contribution is -2.50. The fraction of sp³-hybridized carbons (Fsp3) is 0.478. The fourth-order valence-electron chi connectivity index (χ4n) is 3.32. The average molecular weight is 494 g/mol. The maximum atomic E-state index is 13.7. The van der Waals surface area contributed by atoms with Crippen LogP contribution in [0.2, 0.25) is 5.02 Å². The van der Waals surface area contributed by atoms with Gasteiger partial charge in [0.05, 0.1) is 5.69 Å². The van der Waals surface area contributed by atoms with E-state index in [1.807, 2.05) is 19.9 Å². The molecule has 1 heterocycles. The summed E-state index contributed by atoms with van der Waals surface area (Å²) in [5.74, 6) is -0.998. The molecule has 0 aliphatic carbocycles. The van der Waals surface area contributed by atoms with Crippen molar-refractivity contribution in [2.24, 2.45) is 17.6 Å². The molecule has 8 nitrogen and oxygen atoms in total. The van der Waals surface area contributed by atoms with Gasteiger partial charge < -0.3 is 21.7 Å². The molecule has 3 amide bonds. The smallest absolute Gasteiger partial charge is 0.270 e. The van der Waals surface area contributed by atoms with Crippen LogP contribution >= 0.6 is 23.1 Å². The van der Waals surface area contributed by atoms with Crippen LogP contribution in [0.4, 0.5) is 5.69 Å². The molecule has 0 saturated heterocycles. The molecule has 0 radical (unpaired) electrons. The van der Waals surface area contributed by atoms with Crippen LogP contribution in [0, 0.1) is 11.8 Å². The van der Waals surface area contributed by atoms with E-state index in [0.29, 0.717) is 29.5 Å². The minimum Gasteiger partial charge on any atom is -0.395 e. The Hall–Kier alpha value is -2.65. The second kappa shape index (κ2) is 12.0. The molecule has 0 spiro atoms. The molecule has 2 rings (SSSR count). The Morgan fingerprint density at radius 3 is 2.36 bits per heavy atom. The van der Waals surface area contributed by atoms with Gasteiger partial charge in [-0.15, -0.1) is 0 Å². The summed E-state index contributed by atoms with van der Waals surface area (Å²) >= 11 is 7.16. The second-order valence-corrected chi connectivity index (χ2v) is 9.96. The normalized spacial score (nSPS) is 12.1. The van der Waals surface area contributed by atoms with Crippen LogP contribution in [0.15, 0.2) is 24.3 Å². The maximum Gasteiger partial charge on any atom is 0.270 e. The molecule has 0 bridgehead atoms. The number of amides is 3. The predicted molar refractivity (Wildman–Crippen MR) is 132 cm³/mol. The zero-order chi connectivity index (χ0) is 24.7. The van der Waals surface area contributed by atoms with Crippen molar-refractivity contribution in [3.05, 3.63) is 45.4 Å². The third-order valence-corrected chi connectivity index (χ3v) is 6.33. The molecule has 0 aliphatic rings. The third kappa shape index (κ3) is 7.17. The molecule has 0 aliphatic heterocycles. The largest absolute Gasteiger partial charge is 0.395 e. The number of nitrogens with zero attached hydrogens (tertiary/aromatic N) is 2. The number of benzene rings is 1. The van der Waals surface area contributed by atoms with Crippen molar-refractivity contribution >= 4 is 46.5 Å². The number of primary amides is 1. The van der Waals surface area contributed by atoms with Crippen molar-refractivity contribution in [1.82, 2.24) is 14.6 Å². The summed E-state index contributed by atoms with van der Waals surface area (Å²) in [6, 6.07) is 6.38. The third-order valence-electron chi connectivity index (χ3n) is 5.11. The molecule has 1 atom stereocenters.